The minimum atomic E-state index is -4.78. The van der Waals surface area contributed by atoms with Gasteiger partial charge in [-0.1, -0.05) is 11.2 Å². The number of sulfone groups is 1. The molecule has 0 radical (unpaired) electrons. The Morgan fingerprint density at radius 2 is 2.00 bits per heavy atom. The highest BCUT2D eigenvalue weighted by Gasteiger charge is 2.49. The Hall–Kier alpha value is -2.90. The van der Waals surface area contributed by atoms with Crippen LogP contribution in [0.3, 0.4) is 0 Å². The number of rotatable bonds is 5. The molecule has 0 bridgehead atoms. The molecule has 0 saturated heterocycles. The molecule has 10 nitrogen and oxygen atoms in total. The van der Waals surface area contributed by atoms with Gasteiger partial charge in [0.2, 0.25) is 5.89 Å². The molecule has 0 atom stereocenters. The fourth-order valence-electron chi connectivity index (χ4n) is 2.54. The third kappa shape index (κ3) is 4.11. The normalized spacial score (nSPS) is 17.1. The number of amidine groups is 2. The molecule has 0 aromatic carbocycles. The second kappa shape index (κ2) is 7.17. The summed E-state index contributed by atoms with van der Waals surface area (Å²) in [5.74, 6) is -2.27. The van der Waals surface area contributed by atoms with Crippen LogP contribution in [0.25, 0.3) is 0 Å². The molecule has 14 heteroatoms. The number of aromatic nitrogens is 2. The van der Waals surface area contributed by atoms with E-state index < -0.39 is 56.7 Å². The van der Waals surface area contributed by atoms with Crippen LogP contribution in [0.4, 0.5) is 19.2 Å². The number of amides is 1. The van der Waals surface area contributed by atoms with Crippen LogP contribution in [0.2, 0.25) is 0 Å². The quantitative estimate of drug-likeness (QED) is 0.695. The average Bonchev–Trinajstić information content (AvgIpc) is 3.19. The van der Waals surface area contributed by atoms with E-state index in [0.29, 0.717) is 4.58 Å². The zero-order chi connectivity index (χ0) is 21.6. The first-order valence-corrected chi connectivity index (χ1v) is 10.0. The average molecular weight is 433 g/mol. The number of hydrogen-bond donors (Lipinski definition) is 1. The van der Waals surface area contributed by atoms with Crippen molar-refractivity contribution in [1.29, 1.82) is 0 Å². The van der Waals surface area contributed by atoms with Gasteiger partial charge in [0, 0.05) is 13.3 Å². The fourth-order valence-corrected chi connectivity index (χ4v) is 3.42. The van der Waals surface area contributed by atoms with E-state index in [4.69, 9.17) is 4.42 Å². The molecule has 3 heterocycles. The first kappa shape index (κ1) is 20.8. The lowest BCUT2D eigenvalue weighted by molar-refractivity contribution is -0.288. The summed E-state index contributed by atoms with van der Waals surface area (Å²) in [4.78, 5) is 12.5. The zero-order valence-electron chi connectivity index (χ0n) is 15.5. The highest BCUT2D eigenvalue weighted by Crippen LogP contribution is 2.27. The summed E-state index contributed by atoms with van der Waals surface area (Å²) in [6.45, 7) is 4.30. The molecule has 0 saturated carbocycles. The van der Waals surface area contributed by atoms with Crippen LogP contribution >= 0.6 is 0 Å². The first-order valence-electron chi connectivity index (χ1n) is 8.31. The van der Waals surface area contributed by atoms with E-state index >= 15 is 0 Å². The number of fused-ring (bicyclic) bond motifs is 1. The number of allylic oxidation sites excluding steroid dienone is 1. The monoisotopic (exact) mass is 433 g/mol. The Morgan fingerprint density at radius 1 is 1.31 bits per heavy atom. The lowest BCUT2D eigenvalue weighted by atomic mass is 10.1. The van der Waals surface area contributed by atoms with Crippen LogP contribution in [0, 0.1) is 6.92 Å². The van der Waals surface area contributed by atoms with E-state index in [1.54, 1.807) is 0 Å². The first-order chi connectivity index (χ1) is 13.4. The number of carbonyl (C=O) groups excluding carboxylic acids is 1. The number of alkyl halides is 3. The van der Waals surface area contributed by atoms with Crippen LogP contribution in [0.5, 0.6) is 0 Å². The summed E-state index contributed by atoms with van der Waals surface area (Å²) in [5, 5.41) is 15.8. The number of aryl methyl sites for hydroxylation is 1. The van der Waals surface area contributed by atoms with Crippen molar-refractivity contribution in [2.75, 3.05) is 11.1 Å². The topological polar surface area (TPSA) is 130 Å². The molecule has 0 spiro atoms. The van der Waals surface area contributed by atoms with E-state index in [2.05, 4.69) is 25.7 Å². The smallest absolute Gasteiger partial charge is 0.408 e. The summed E-state index contributed by atoms with van der Waals surface area (Å²) >= 11 is 0. The molecule has 1 amide bonds. The van der Waals surface area contributed by atoms with Gasteiger partial charge in [-0.25, -0.2) is 8.42 Å². The number of hydrogen-bond acceptors (Lipinski definition) is 8. The van der Waals surface area contributed by atoms with Gasteiger partial charge in [-0.15, -0.1) is 5.10 Å². The molecule has 156 valence electrons. The van der Waals surface area contributed by atoms with Crippen molar-refractivity contribution < 1.29 is 35.4 Å². The summed E-state index contributed by atoms with van der Waals surface area (Å²) in [7, 11) is -3.76. The molecule has 3 rings (SSSR count). The molecular formula is C15H16F3N6O4S+. The van der Waals surface area contributed by atoms with Gasteiger partial charge in [-0.05, 0) is 13.8 Å². The SMILES string of the molecule is Cc1nnc(NC(=O)C2=CCC(C(F)(F)F)=[N+]3C(CS(=O)(=O)C(C)C)=NN=C23)o1. The van der Waals surface area contributed by atoms with Gasteiger partial charge in [0.05, 0.1) is 15.5 Å². The van der Waals surface area contributed by atoms with Crippen molar-refractivity contribution >= 4 is 39.1 Å². The van der Waals surface area contributed by atoms with Crippen molar-refractivity contribution in [2.24, 2.45) is 10.2 Å². The second-order valence-electron chi connectivity index (χ2n) is 6.48. The van der Waals surface area contributed by atoms with E-state index in [0.717, 1.165) is 6.08 Å². The van der Waals surface area contributed by atoms with Crippen LogP contribution < -0.4 is 5.32 Å². The number of nitrogens with zero attached hydrogens (tertiary/aromatic N) is 5. The molecule has 0 fully saturated rings. The van der Waals surface area contributed by atoms with E-state index in [9.17, 15) is 26.4 Å². The number of nitrogens with one attached hydrogen (secondary N) is 1. The van der Waals surface area contributed by atoms with Gasteiger partial charge in [0.15, 0.2) is 15.5 Å². The van der Waals surface area contributed by atoms with Gasteiger partial charge < -0.3 is 4.42 Å². The molecular weight excluding hydrogens is 417 g/mol. The molecule has 29 heavy (non-hydrogen) atoms. The molecule has 1 aromatic heterocycles. The van der Waals surface area contributed by atoms with Crippen molar-refractivity contribution in [3.63, 3.8) is 0 Å². The van der Waals surface area contributed by atoms with Crippen LogP contribution in [-0.2, 0) is 14.6 Å². The molecule has 1 N–H and O–H groups in total. The van der Waals surface area contributed by atoms with Crippen molar-refractivity contribution in [3.05, 3.63) is 17.5 Å². The minimum Gasteiger partial charge on any atom is -0.408 e. The van der Waals surface area contributed by atoms with Gasteiger partial charge in [-0.3, -0.25) is 10.1 Å². The van der Waals surface area contributed by atoms with Crippen LogP contribution in [0.1, 0.15) is 26.2 Å². The number of halogens is 3. The molecule has 0 aliphatic carbocycles. The highest BCUT2D eigenvalue weighted by molar-refractivity contribution is 7.92. The van der Waals surface area contributed by atoms with Gasteiger partial charge >= 0.3 is 23.9 Å². The molecule has 2 aliphatic heterocycles. The summed E-state index contributed by atoms with van der Waals surface area (Å²) in [6.07, 6.45) is -4.42. The summed E-state index contributed by atoms with van der Waals surface area (Å²) in [5.41, 5.74) is -1.31. The van der Waals surface area contributed by atoms with Gasteiger partial charge in [0.1, 0.15) is 11.3 Å². The zero-order valence-corrected chi connectivity index (χ0v) is 16.3. The minimum absolute atomic E-state index is 0.176. The Morgan fingerprint density at radius 3 is 2.55 bits per heavy atom. The van der Waals surface area contributed by atoms with E-state index in [1.165, 1.54) is 20.8 Å². The predicted octanol–water partition coefficient (Wildman–Crippen LogP) is 1.21. The maximum Gasteiger partial charge on any atom is 0.442 e. The van der Waals surface area contributed by atoms with Crippen molar-refractivity contribution in [2.45, 2.75) is 38.6 Å². The lowest BCUT2D eigenvalue weighted by Crippen LogP contribution is -2.45. The summed E-state index contributed by atoms with van der Waals surface area (Å²) < 4.78 is 70.6. The molecule has 0 unspecified atom stereocenters. The van der Waals surface area contributed by atoms with Gasteiger partial charge in [0.25, 0.3) is 5.91 Å². The maximum atomic E-state index is 13.5. The van der Waals surface area contributed by atoms with E-state index in [-0.39, 0.29) is 17.5 Å². The van der Waals surface area contributed by atoms with E-state index in [1.807, 2.05) is 0 Å². The Balaban J connectivity index is 1.94. The Kier molecular flexibility index (Phi) is 5.15. The number of carbonyl (C=O) groups is 1. The largest absolute Gasteiger partial charge is 0.442 e. The van der Waals surface area contributed by atoms with Crippen molar-refractivity contribution in [1.82, 2.24) is 10.2 Å². The fraction of sp³-hybridized carbons (Fsp3) is 0.467. The highest BCUT2D eigenvalue weighted by atomic mass is 32.2. The third-order valence-corrected chi connectivity index (χ3v) is 6.20. The predicted molar refractivity (Wildman–Crippen MR) is 95.5 cm³/mol. The van der Waals surface area contributed by atoms with Crippen LogP contribution in [-0.4, -0.2) is 63.7 Å². The summed E-state index contributed by atoms with van der Waals surface area (Å²) in [6, 6.07) is -0.243. The van der Waals surface area contributed by atoms with Gasteiger partial charge in [-0.2, -0.15) is 17.7 Å². The maximum absolute atomic E-state index is 13.5. The Labute approximate surface area is 162 Å². The lowest BCUT2D eigenvalue weighted by Gasteiger charge is -2.18. The number of anilines is 1. The molecule has 1 aromatic rings. The Bertz CT molecular complexity index is 1100. The second-order valence-corrected chi connectivity index (χ2v) is 9.04. The molecule has 2 aliphatic rings. The van der Waals surface area contributed by atoms with Crippen molar-refractivity contribution in [3.8, 4) is 0 Å². The standard InChI is InChI=1S/C15H15F3N6O4S/c1-7(2)29(26,27)6-11-21-22-12-9(4-5-10(24(11)12)15(16,17)18)13(25)19-14-23-20-8(3)28-14/h4,7H,5-6H2,1-3H3/p+1. The van der Waals surface area contributed by atoms with Crippen LogP contribution in [0.15, 0.2) is 26.3 Å². The third-order valence-electron chi connectivity index (χ3n) is 4.11.